The minimum absolute atomic E-state index is 0.362. The first-order valence-electron chi connectivity index (χ1n) is 19.9. The van der Waals surface area contributed by atoms with Crippen LogP contribution >= 0.6 is 11.3 Å². The zero-order chi connectivity index (χ0) is 38.3. The summed E-state index contributed by atoms with van der Waals surface area (Å²) in [6, 6.07) is 54.2. The van der Waals surface area contributed by atoms with Crippen LogP contribution in [0.25, 0.3) is 80.7 Å². The molecule has 6 heteroatoms. The monoisotopic (exact) mass is 764 g/mol. The molecular formula is C52H36N4OS. The summed E-state index contributed by atoms with van der Waals surface area (Å²) in [5, 5.41) is 10.9. The molecule has 10 aromatic rings. The molecule has 4 heterocycles. The molecule has 58 heavy (non-hydrogen) atoms. The average molecular weight is 765 g/mol. The van der Waals surface area contributed by atoms with Gasteiger partial charge >= 0.3 is 0 Å². The molecule has 0 saturated carbocycles. The molecule has 5 nitrogen and oxygen atoms in total. The highest BCUT2D eigenvalue weighted by atomic mass is 32.1. The van der Waals surface area contributed by atoms with E-state index in [2.05, 4.69) is 168 Å². The quantitative estimate of drug-likeness (QED) is 0.190. The van der Waals surface area contributed by atoms with E-state index in [1.54, 1.807) is 0 Å². The summed E-state index contributed by atoms with van der Waals surface area (Å²) in [5.74, 6) is 2.03. The van der Waals surface area contributed by atoms with Crippen LogP contribution < -0.4 is 5.32 Å². The van der Waals surface area contributed by atoms with Crippen molar-refractivity contribution in [2.24, 2.45) is 15.9 Å². The van der Waals surface area contributed by atoms with E-state index in [1.807, 2.05) is 29.5 Å². The van der Waals surface area contributed by atoms with Gasteiger partial charge in [0.15, 0.2) is 5.84 Å². The summed E-state index contributed by atoms with van der Waals surface area (Å²) >= 11 is 1.82. The van der Waals surface area contributed by atoms with Gasteiger partial charge in [0.25, 0.3) is 0 Å². The van der Waals surface area contributed by atoms with Gasteiger partial charge in [-0.2, -0.15) is 0 Å². The molecule has 1 N–H and O–H groups in total. The van der Waals surface area contributed by atoms with Crippen molar-refractivity contribution in [1.29, 1.82) is 0 Å². The van der Waals surface area contributed by atoms with Gasteiger partial charge in [-0.05, 0) is 83.6 Å². The van der Waals surface area contributed by atoms with Crippen molar-refractivity contribution in [1.82, 2.24) is 9.88 Å². The van der Waals surface area contributed by atoms with Crippen LogP contribution in [0.4, 0.5) is 0 Å². The number of aromatic nitrogens is 1. The number of hydrogen-bond donors (Lipinski definition) is 1. The minimum Gasteiger partial charge on any atom is -0.456 e. The smallest absolute Gasteiger partial charge is 0.160 e. The standard InChI is InChI=1S/C52H36N4OS/c1-31-13-9-14-33(29-31)50-53-51(39-21-11-25-45-47(39)37-18-6-8-24-44(37)57-45)55-52(54-50)40-22-10-20-38-48-35(19-12-26-46(48)58-49(38)40)32-27-28-43-41(30-32)36-17-5-7-23-42(36)56(43)34-15-3-2-4-16-34/h2-28,30-31,51H,29H2,1H3,(H,53,54,55). The van der Waals surface area contributed by atoms with Gasteiger partial charge in [-0.15, -0.1) is 11.3 Å². The Labute approximate surface area is 338 Å². The van der Waals surface area contributed by atoms with Crippen LogP contribution in [-0.2, 0) is 0 Å². The van der Waals surface area contributed by atoms with Crippen molar-refractivity contribution < 1.29 is 4.42 Å². The largest absolute Gasteiger partial charge is 0.456 e. The topological polar surface area (TPSA) is 54.8 Å². The summed E-state index contributed by atoms with van der Waals surface area (Å²) in [6.07, 6.45) is 7.15. The van der Waals surface area contributed by atoms with Crippen molar-refractivity contribution >= 4 is 86.9 Å². The second-order valence-corrected chi connectivity index (χ2v) is 16.5. The number of nitrogens with zero attached hydrogens (tertiary/aromatic N) is 3. The van der Waals surface area contributed by atoms with Crippen LogP contribution in [0, 0.1) is 5.92 Å². The number of para-hydroxylation sites is 3. The third-order valence-corrected chi connectivity index (χ3v) is 13.0. The Balaban J connectivity index is 1.04. The molecule has 2 atom stereocenters. The van der Waals surface area contributed by atoms with Gasteiger partial charge in [-0.25, -0.2) is 9.98 Å². The van der Waals surface area contributed by atoms with E-state index in [4.69, 9.17) is 14.4 Å². The molecule has 0 spiro atoms. The molecule has 1 aliphatic heterocycles. The molecule has 12 rings (SSSR count). The van der Waals surface area contributed by atoms with E-state index < -0.39 is 0 Å². The van der Waals surface area contributed by atoms with E-state index in [0.29, 0.717) is 5.92 Å². The number of fused-ring (bicyclic) bond motifs is 9. The van der Waals surface area contributed by atoms with Gasteiger partial charge in [-0.1, -0.05) is 122 Å². The molecule has 276 valence electrons. The zero-order valence-corrected chi connectivity index (χ0v) is 32.5. The van der Waals surface area contributed by atoms with Gasteiger partial charge in [0.2, 0.25) is 0 Å². The number of amidine groups is 2. The Morgan fingerprint density at radius 2 is 1.43 bits per heavy atom. The summed E-state index contributed by atoms with van der Waals surface area (Å²) in [6.45, 7) is 2.26. The summed E-state index contributed by atoms with van der Waals surface area (Å²) in [5.41, 5.74) is 11.0. The van der Waals surface area contributed by atoms with Crippen molar-refractivity contribution in [2.75, 3.05) is 0 Å². The van der Waals surface area contributed by atoms with Crippen molar-refractivity contribution in [2.45, 2.75) is 19.5 Å². The lowest BCUT2D eigenvalue weighted by Gasteiger charge is -2.26. The van der Waals surface area contributed by atoms with E-state index in [0.717, 1.165) is 56.8 Å². The number of benzene rings is 7. The molecule has 2 aliphatic rings. The molecule has 7 aromatic carbocycles. The van der Waals surface area contributed by atoms with Gasteiger partial charge in [-0.3, -0.25) is 0 Å². The van der Waals surface area contributed by atoms with Crippen LogP contribution in [0.3, 0.4) is 0 Å². The van der Waals surface area contributed by atoms with E-state index in [1.165, 1.54) is 58.7 Å². The number of hydrogen-bond acceptors (Lipinski definition) is 5. The predicted molar refractivity (Wildman–Crippen MR) is 244 cm³/mol. The molecule has 1 aliphatic carbocycles. The number of rotatable bonds is 5. The normalized spacial score (nSPS) is 17.0. The van der Waals surface area contributed by atoms with E-state index >= 15 is 0 Å². The Kier molecular flexibility index (Phi) is 7.44. The molecule has 0 fully saturated rings. The number of furan rings is 1. The fraction of sp³-hybridized carbons (Fsp3) is 0.0769. The summed E-state index contributed by atoms with van der Waals surface area (Å²) in [4.78, 5) is 10.8. The molecule has 0 saturated heterocycles. The average Bonchev–Trinajstić information content (AvgIpc) is 3.96. The highest BCUT2D eigenvalue weighted by Gasteiger charge is 2.27. The Bertz CT molecular complexity index is 3430. The predicted octanol–water partition coefficient (Wildman–Crippen LogP) is 13.7. The van der Waals surface area contributed by atoms with Crippen molar-refractivity contribution in [3.63, 3.8) is 0 Å². The first-order chi connectivity index (χ1) is 28.7. The lowest BCUT2D eigenvalue weighted by molar-refractivity contribution is 0.657. The zero-order valence-electron chi connectivity index (χ0n) is 31.7. The molecule has 2 unspecified atom stereocenters. The van der Waals surface area contributed by atoms with Gasteiger partial charge in [0.1, 0.15) is 23.2 Å². The van der Waals surface area contributed by atoms with Gasteiger partial charge in [0.05, 0.1) is 11.0 Å². The van der Waals surface area contributed by atoms with E-state index in [9.17, 15) is 0 Å². The highest BCUT2D eigenvalue weighted by molar-refractivity contribution is 7.26. The van der Waals surface area contributed by atoms with Crippen LogP contribution in [-0.4, -0.2) is 16.2 Å². The SMILES string of the molecule is CC1C=CC=C(C2=NC(c3cccc4c3sc3cccc(-c5ccc6c(c5)c5ccccc5n6-c5ccccc5)c34)=NC(c3cccc4oc5ccccc5c34)N2)C1. The van der Waals surface area contributed by atoms with Crippen LogP contribution in [0.15, 0.2) is 190 Å². The number of thiophene rings is 1. The Morgan fingerprint density at radius 3 is 2.34 bits per heavy atom. The first-order valence-corrected chi connectivity index (χ1v) is 20.7. The number of aliphatic imine (C=N–C) groups is 2. The Hall–Kier alpha value is -7.02. The lowest BCUT2D eigenvalue weighted by atomic mass is 9.94. The molecule has 0 amide bonds. The van der Waals surface area contributed by atoms with Crippen molar-refractivity contribution in [3.05, 3.63) is 187 Å². The minimum atomic E-state index is -0.362. The fourth-order valence-corrected chi connectivity index (χ4v) is 10.4. The third kappa shape index (κ3) is 5.15. The summed E-state index contributed by atoms with van der Waals surface area (Å²) in [7, 11) is 0. The molecule has 0 bridgehead atoms. The highest BCUT2D eigenvalue weighted by Crippen LogP contribution is 2.44. The summed E-state index contributed by atoms with van der Waals surface area (Å²) < 4.78 is 11.1. The maximum Gasteiger partial charge on any atom is 0.160 e. The molecule has 3 aromatic heterocycles. The third-order valence-electron chi connectivity index (χ3n) is 11.8. The van der Waals surface area contributed by atoms with Crippen LogP contribution in [0.1, 0.15) is 30.6 Å². The second kappa shape index (κ2) is 13.0. The second-order valence-electron chi connectivity index (χ2n) is 15.4. The first kappa shape index (κ1) is 33.2. The maximum absolute atomic E-state index is 6.33. The fourth-order valence-electron chi connectivity index (χ4n) is 9.20. The Morgan fingerprint density at radius 1 is 0.672 bits per heavy atom. The maximum atomic E-state index is 6.33. The lowest BCUT2D eigenvalue weighted by Crippen LogP contribution is -2.34. The number of nitrogens with one attached hydrogen (secondary N) is 1. The molecular weight excluding hydrogens is 729 g/mol. The van der Waals surface area contributed by atoms with Gasteiger partial charge in [0, 0.05) is 58.5 Å². The van der Waals surface area contributed by atoms with Gasteiger partial charge < -0.3 is 14.3 Å². The van der Waals surface area contributed by atoms with E-state index in [-0.39, 0.29) is 6.17 Å². The van der Waals surface area contributed by atoms with Crippen LogP contribution in [0.5, 0.6) is 0 Å². The van der Waals surface area contributed by atoms with Crippen LogP contribution in [0.2, 0.25) is 0 Å². The molecule has 0 radical (unpaired) electrons. The number of allylic oxidation sites excluding steroid dienone is 3. The van der Waals surface area contributed by atoms with Crippen molar-refractivity contribution in [3.8, 4) is 16.8 Å².